The zero-order chi connectivity index (χ0) is 19.1. The highest BCUT2D eigenvalue weighted by molar-refractivity contribution is 6.04. The number of hydrogen-bond acceptors (Lipinski definition) is 3. The first-order chi connectivity index (χ1) is 13.1. The van der Waals surface area contributed by atoms with Gasteiger partial charge in [0.05, 0.1) is 11.2 Å². The minimum Gasteiger partial charge on any atom is -0.355 e. The van der Waals surface area contributed by atoms with Gasteiger partial charge in [-0.1, -0.05) is 48.5 Å². The highest BCUT2D eigenvalue weighted by atomic mass is 16.2. The van der Waals surface area contributed by atoms with Gasteiger partial charge < -0.3 is 10.2 Å². The van der Waals surface area contributed by atoms with Crippen LogP contribution in [-0.4, -0.2) is 29.9 Å². The van der Waals surface area contributed by atoms with Crippen LogP contribution in [0.15, 0.2) is 66.9 Å². The highest BCUT2D eigenvalue weighted by Gasteiger charge is 2.18. The normalized spacial score (nSPS) is 10.6. The van der Waals surface area contributed by atoms with Crippen LogP contribution in [-0.2, 0) is 16.0 Å². The van der Waals surface area contributed by atoms with Crippen LogP contribution in [0, 0.1) is 0 Å². The van der Waals surface area contributed by atoms with Crippen LogP contribution in [0.1, 0.15) is 18.9 Å². The van der Waals surface area contributed by atoms with Crippen LogP contribution < -0.4 is 10.2 Å². The minimum absolute atomic E-state index is 0.0175. The van der Waals surface area contributed by atoms with E-state index >= 15 is 0 Å². The SMILES string of the molecule is CC(=O)N(CC(=O)NCCCc1ccccc1)c1cccc2cccnc12. The Labute approximate surface area is 159 Å². The molecule has 2 amide bonds. The predicted molar refractivity (Wildman–Crippen MR) is 108 cm³/mol. The molecule has 0 atom stereocenters. The molecule has 0 fully saturated rings. The zero-order valence-corrected chi connectivity index (χ0v) is 15.4. The number of amides is 2. The van der Waals surface area contributed by atoms with Gasteiger partial charge in [0.25, 0.3) is 0 Å². The fourth-order valence-corrected chi connectivity index (χ4v) is 3.04. The van der Waals surface area contributed by atoms with Crippen molar-refractivity contribution in [3.63, 3.8) is 0 Å². The van der Waals surface area contributed by atoms with Crippen LogP contribution in [0.5, 0.6) is 0 Å². The lowest BCUT2D eigenvalue weighted by atomic mass is 10.1. The van der Waals surface area contributed by atoms with Crippen molar-refractivity contribution in [2.75, 3.05) is 18.0 Å². The topological polar surface area (TPSA) is 62.3 Å². The number of carbonyl (C=O) groups excluding carboxylic acids is 2. The lowest BCUT2D eigenvalue weighted by Gasteiger charge is -2.21. The van der Waals surface area contributed by atoms with Crippen molar-refractivity contribution < 1.29 is 9.59 Å². The summed E-state index contributed by atoms with van der Waals surface area (Å²) in [6.07, 6.45) is 3.45. The monoisotopic (exact) mass is 361 g/mol. The van der Waals surface area contributed by atoms with Gasteiger partial charge in [0.15, 0.2) is 0 Å². The van der Waals surface area contributed by atoms with Crippen LogP contribution in [0.4, 0.5) is 5.69 Å². The van der Waals surface area contributed by atoms with Crippen LogP contribution >= 0.6 is 0 Å². The van der Waals surface area contributed by atoms with E-state index in [0.29, 0.717) is 17.7 Å². The molecule has 2 aromatic carbocycles. The summed E-state index contributed by atoms with van der Waals surface area (Å²) < 4.78 is 0. The molecule has 1 N–H and O–H groups in total. The first-order valence-corrected chi connectivity index (χ1v) is 9.07. The molecule has 0 spiro atoms. The Kier molecular flexibility index (Phi) is 6.15. The molecule has 0 radical (unpaired) electrons. The van der Waals surface area contributed by atoms with E-state index in [0.717, 1.165) is 18.2 Å². The molecule has 5 nitrogen and oxygen atoms in total. The molecule has 0 unspecified atom stereocenters. The van der Waals surface area contributed by atoms with E-state index in [9.17, 15) is 9.59 Å². The van der Waals surface area contributed by atoms with Gasteiger partial charge in [-0.3, -0.25) is 14.6 Å². The van der Waals surface area contributed by atoms with Gasteiger partial charge in [-0.25, -0.2) is 0 Å². The van der Waals surface area contributed by atoms with Gasteiger partial charge in [0.2, 0.25) is 11.8 Å². The van der Waals surface area contributed by atoms with Crippen molar-refractivity contribution in [1.82, 2.24) is 10.3 Å². The molecule has 5 heteroatoms. The molecule has 0 aliphatic carbocycles. The molecule has 3 rings (SSSR count). The maximum absolute atomic E-state index is 12.4. The first-order valence-electron chi connectivity index (χ1n) is 9.07. The summed E-state index contributed by atoms with van der Waals surface area (Å²) in [5.74, 6) is -0.362. The Morgan fingerprint density at radius 2 is 1.78 bits per heavy atom. The van der Waals surface area contributed by atoms with Crippen molar-refractivity contribution in [1.29, 1.82) is 0 Å². The summed E-state index contributed by atoms with van der Waals surface area (Å²) in [5, 5.41) is 3.84. The number of aromatic nitrogens is 1. The van der Waals surface area contributed by atoms with Gasteiger partial charge in [0, 0.05) is 25.1 Å². The second kappa shape index (κ2) is 8.94. The number of hydrogen-bond donors (Lipinski definition) is 1. The molecule has 27 heavy (non-hydrogen) atoms. The molecular formula is C22H23N3O2. The van der Waals surface area contributed by atoms with E-state index in [1.54, 1.807) is 6.20 Å². The molecule has 1 heterocycles. The molecule has 0 saturated carbocycles. The van der Waals surface area contributed by atoms with E-state index in [2.05, 4.69) is 22.4 Å². The molecule has 0 aliphatic rings. The van der Waals surface area contributed by atoms with E-state index in [1.165, 1.54) is 17.4 Å². The molecule has 138 valence electrons. The molecular weight excluding hydrogens is 338 g/mol. The predicted octanol–water partition coefficient (Wildman–Crippen LogP) is 3.34. The lowest BCUT2D eigenvalue weighted by Crippen LogP contribution is -2.40. The van der Waals surface area contributed by atoms with Gasteiger partial charge in [0.1, 0.15) is 6.54 Å². The molecule has 0 aliphatic heterocycles. The van der Waals surface area contributed by atoms with Crippen molar-refractivity contribution in [2.45, 2.75) is 19.8 Å². The molecule has 0 bridgehead atoms. The second-order valence-electron chi connectivity index (χ2n) is 6.40. The highest BCUT2D eigenvalue weighted by Crippen LogP contribution is 2.24. The fourth-order valence-electron chi connectivity index (χ4n) is 3.04. The van der Waals surface area contributed by atoms with E-state index in [4.69, 9.17) is 0 Å². The Morgan fingerprint density at radius 1 is 1.00 bits per heavy atom. The number of nitrogens with one attached hydrogen (secondary N) is 1. The molecule has 0 saturated heterocycles. The lowest BCUT2D eigenvalue weighted by molar-refractivity contribution is -0.123. The van der Waals surface area contributed by atoms with Crippen LogP contribution in [0.25, 0.3) is 10.9 Å². The maximum Gasteiger partial charge on any atom is 0.240 e. The summed E-state index contributed by atoms with van der Waals surface area (Å²) >= 11 is 0. The first kappa shape index (κ1) is 18.6. The molecule has 3 aromatic rings. The average Bonchev–Trinajstić information content (AvgIpc) is 2.70. The largest absolute Gasteiger partial charge is 0.355 e. The number of anilines is 1. The van der Waals surface area contributed by atoms with Gasteiger partial charge in [-0.2, -0.15) is 0 Å². The smallest absolute Gasteiger partial charge is 0.240 e. The Morgan fingerprint density at radius 3 is 2.56 bits per heavy atom. The number of para-hydroxylation sites is 1. The van der Waals surface area contributed by atoms with E-state index < -0.39 is 0 Å². The van der Waals surface area contributed by atoms with Crippen molar-refractivity contribution in [3.05, 3.63) is 72.4 Å². The number of carbonyl (C=O) groups is 2. The van der Waals surface area contributed by atoms with Crippen molar-refractivity contribution in [2.24, 2.45) is 0 Å². The quantitative estimate of drug-likeness (QED) is 0.657. The van der Waals surface area contributed by atoms with Gasteiger partial charge >= 0.3 is 0 Å². The second-order valence-corrected chi connectivity index (χ2v) is 6.40. The summed E-state index contributed by atoms with van der Waals surface area (Å²) in [4.78, 5) is 30.4. The summed E-state index contributed by atoms with van der Waals surface area (Å²) in [7, 11) is 0. The number of nitrogens with zero attached hydrogens (tertiary/aromatic N) is 2. The van der Waals surface area contributed by atoms with Crippen LogP contribution in [0.2, 0.25) is 0 Å². The number of aryl methyl sites for hydroxylation is 1. The van der Waals surface area contributed by atoms with Gasteiger partial charge in [-0.15, -0.1) is 0 Å². The Bertz CT molecular complexity index is 920. The minimum atomic E-state index is -0.187. The number of rotatable bonds is 7. The summed E-state index contributed by atoms with van der Waals surface area (Å²) in [6, 6.07) is 19.6. The third kappa shape index (κ3) is 4.91. The number of benzene rings is 2. The Balaban J connectivity index is 1.61. The van der Waals surface area contributed by atoms with Crippen LogP contribution in [0.3, 0.4) is 0 Å². The Hall–Kier alpha value is -3.21. The fraction of sp³-hybridized carbons (Fsp3) is 0.227. The molecule has 1 aromatic heterocycles. The zero-order valence-electron chi connectivity index (χ0n) is 15.4. The maximum atomic E-state index is 12.4. The number of pyridine rings is 1. The average molecular weight is 361 g/mol. The van der Waals surface area contributed by atoms with Crippen molar-refractivity contribution in [3.8, 4) is 0 Å². The van der Waals surface area contributed by atoms with Crippen molar-refractivity contribution >= 4 is 28.4 Å². The van der Waals surface area contributed by atoms with E-state index in [1.807, 2.05) is 48.5 Å². The third-order valence-corrected chi connectivity index (χ3v) is 4.39. The number of fused-ring (bicyclic) bond motifs is 1. The van der Waals surface area contributed by atoms with E-state index in [-0.39, 0.29) is 18.4 Å². The third-order valence-electron chi connectivity index (χ3n) is 4.39. The standard InChI is InChI=1S/C22H23N3O2/c1-17(26)25(20-13-5-11-19-12-7-15-24-22(19)20)16-21(27)23-14-6-10-18-8-3-2-4-9-18/h2-5,7-9,11-13,15H,6,10,14,16H2,1H3,(H,23,27). The van der Waals surface area contributed by atoms with Gasteiger partial charge in [-0.05, 0) is 30.5 Å². The summed E-state index contributed by atoms with van der Waals surface area (Å²) in [5.41, 5.74) is 2.62. The summed E-state index contributed by atoms with van der Waals surface area (Å²) in [6.45, 7) is 2.02.